The van der Waals surface area contributed by atoms with Crippen LogP contribution in [0.2, 0.25) is 15.1 Å². The second-order valence-electron chi connectivity index (χ2n) is 4.91. The summed E-state index contributed by atoms with van der Waals surface area (Å²) in [4.78, 5) is 14.1. The molecule has 0 spiro atoms. The van der Waals surface area contributed by atoms with E-state index < -0.39 is 0 Å². The molecular formula is C16H12Cl3NO2S. The first kappa shape index (κ1) is 16.8. The van der Waals surface area contributed by atoms with Crippen molar-refractivity contribution >= 4 is 58.2 Å². The van der Waals surface area contributed by atoms with E-state index in [9.17, 15) is 4.79 Å². The van der Waals surface area contributed by atoms with Crippen LogP contribution in [0.3, 0.4) is 0 Å². The molecule has 1 atom stereocenters. The molecule has 1 amide bonds. The molecule has 0 aliphatic carbocycles. The van der Waals surface area contributed by atoms with E-state index in [1.807, 2.05) is 12.1 Å². The number of methoxy groups -OCH3 is 1. The molecule has 3 rings (SSSR count). The van der Waals surface area contributed by atoms with Crippen molar-refractivity contribution in [1.29, 1.82) is 0 Å². The molecule has 1 heterocycles. The van der Waals surface area contributed by atoms with Crippen LogP contribution in [0.4, 0.5) is 5.69 Å². The van der Waals surface area contributed by atoms with E-state index in [2.05, 4.69) is 0 Å². The lowest BCUT2D eigenvalue weighted by Gasteiger charge is -2.25. The standard InChI is InChI=1S/C16H12Cl3NO2S/c1-22-14-5-3-10(7-13(14)19)20-15(21)8-23-16(20)11-4-2-9(17)6-12(11)18/h2-7,16H,8H2,1H3/t16-/m1/s1. The van der Waals surface area contributed by atoms with Gasteiger partial charge in [0.2, 0.25) is 5.91 Å². The van der Waals surface area contributed by atoms with Crippen molar-refractivity contribution in [1.82, 2.24) is 0 Å². The zero-order chi connectivity index (χ0) is 16.6. The maximum Gasteiger partial charge on any atom is 0.238 e. The minimum Gasteiger partial charge on any atom is -0.495 e. The number of thioether (sulfide) groups is 1. The summed E-state index contributed by atoms with van der Waals surface area (Å²) in [5, 5.41) is 1.34. The van der Waals surface area contributed by atoms with Gasteiger partial charge in [-0.05, 0) is 30.3 Å². The molecule has 1 fully saturated rings. The Labute approximate surface area is 153 Å². The van der Waals surface area contributed by atoms with Crippen LogP contribution in [-0.2, 0) is 4.79 Å². The van der Waals surface area contributed by atoms with Crippen molar-refractivity contribution in [2.75, 3.05) is 17.8 Å². The van der Waals surface area contributed by atoms with Crippen LogP contribution in [0.5, 0.6) is 5.75 Å². The second-order valence-corrected chi connectivity index (χ2v) is 7.23. The fourth-order valence-corrected chi connectivity index (χ4v) is 4.48. The predicted molar refractivity (Wildman–Crippen MR) is 97.2 cm³/mol. The van der Waals surface area contributed by atoms with Gasteiger partial charge < -0.3 is 4.74 Å². The Hall–Kier alpha value is -1.07. The highest BCUT2D eigenvalue weighted by atomic mass is 35.5. The van der Waals surface area contributed by atoms with E-state index in [0.717, 1.165) is 5.56 Å². The molecule has 2 aromatic carbocycles. The molecule has 1 saturated heterocycles. The minimum atomic E-state index is -0.211. The summed E-state index contributed by atoms with van der Waals surface area (Å²) in [5.74, 6) is 0.954. The van der Waals surface area contributed by atoms with Crippen molar-refractivity contribution < 1.29 is 9.53 Å². The SMILES string of the molecule is COc1ccc(N2C(=O)CS[C@@H]2c2ccc(Cl)cc2Cl)cc1Cl. The van der Waals surface area contributed by atoms with Crippen molar-refractivity contribution in [2.45, 2.75) is 5.37 Å². The Balaban J connectivity index is 2.01. The van der Waals surface area contributed by atoms with E-state index in [1.165, 1.54) is 11.8 Å². The first-order chi connectivity index (χ1) is 11.0. The van der Waals surface area contributed by atoms with Gasteiger partial charge in [0, 0.05) is 21.3 Å². The number of nitrogens with zero attached hydrogens (tertiary/aromatic N) is 1. The Morgan fingerprint density at radius 2 is 1.91 bits per heavy atom. The van der Waals surface area contributed by atoms with Gasteiger partial charge in [0.25, 0.3) is 0 Å². The summed E-state index contributed by atoms with van der Waals surface area (Å²) in [7, 11) is 1.55. The molecule has 0 saturated carbocycles. The summed E-state index contributed by atoms with van der Waals surface area (Å²) in [6, 6.07) is 10.6. The third-order valence-corrected chi connectivity index (χ3v) is 5.56. The highest BCUT2D eigenvalue weighted by Gasteiger charge is 2.35. The minimum absolute atomic E-state index is 0.00671. The third kappa shape index (κ3) is 3.26. The van der Waals surface area contributed by atoms with Gasteiger partial charge in [-0.2, -0.15) is 0 Å². The maximum atomic E-state index is 12.4. The van der Waals surface area contributed by atoms with Crippen LogP contribution in [0, 0.1) is 0 Å². The first-order valence-corrected chi connectivity index (χ1v) is 8.91. The van der Waals surface area contributed by atoms with Crippen LogP contribution < -0.4 is 9.64 Å². The zero-order valence-electron chi connectivity index (χ0n) is 12.1. The largest absolute Gasteiger partial charge is 0.495 e. The van der Waals surface area contributed by atoms with Gasteiger partial charge in [0.15, 0.2) is 0 Å². The molecule has 1 aliphatic rings. The number of ether oxygens (including phenoxy) is 1. The lowest BCUT2D eigenvalue weighted by Crippen LogP contribution is -2.27. The second kappa shape index (κ2) is 6.81. The average Bonchev–Trinajstić information content (AvgIpc) is 2.88. The van der Waals surface area contributed by atoms with Crippen molar-refractivity contribution in [3.63, 3.8) is 0 Å². The first-order valence-electron chi connectivity index (χ1n) is 6.73. The monoisotopic (exact) mass is 387 g/mol. The third-order valence-electron chi connectivity index (χ3n) is 3.51. The van der Waals surface area contributed by atoms with Gasteiger partial charge in [-0.3, -0.25) is 9.69 Å². The van der Waals surface area contributed by atoms with Crippen LogP contribution in [0.15, 0.2) is 36.4 Å². The number of anilines is 1. The molecule has 1 aliphatic heterocycles. The van der Waals surface area contributed by atoms with Gasteiger partial charge >= 0.3 is 0 Å². The number of amides is 1. The van der Waals surface area contributed by atoms with Crippen molar-refractivity contribution in [3.05, 3.63) is 57.0 Å². The Kier molecular flexibility index (Phi) is 4.97. The number of hydrogen-bond acceptors (Lipinski definition) is 3. The fourth-order valence-electron chi connectivity index (χ4n) is 2.44. The molecule has 0 aromatic heterocycles. The van der Waals surface area contributed by atoms with E-state index in [0.29, 0.717) is 32.3 Å². The zero-order valence-corrected chi connectivity index (χ0v) is 15.1. The summed E-state index contributed by atoms with van der Waals surface area (Å²) >= 11 is 20.0. The molecule has 0 radical (unpaired) electrons. The molecule has 23 heavy (non-hydrogen) atoms. The lowest BCUT2D eigenvalue weighted by atomic mass is 10.2. The molecule has 2 aromatic rings. The quantitative estimate of drug-likeness (QED) is 0.701. The molecular weight excluding hydrogens is 377 g/mol. The fraction of sp³-hybridized carbons (Fsp3) is 0.188. The molecule has 0 unspecified atom stereocenters. The van der Waals surface area contributed by atoms with Gasteiger partial charge in [0.05, 0.1) is 17.9 Å². The Bertz CT molecular complexity index is 769. The Morgan fingerprint density at radius 3 is 2.57 bits per heavy atom. The summed E-state index contributed by atoms with van der Waals surface area (Å²) in [5.41, 5.74) is 1.56. The normalized spacial score (nSPS) is 17.7. The van der Waals surface area contributed by atoms with E-state index in [-0.39, 0.29) is 11.3 Å². The number of hydrogen-bond donors (Lipinski definition) is 0. The average molecular weight is 389 g/mol. The van der Waals surface area contributed by atoms with Crippen LogP contribution in [-0.4, -0.2) is 18.8 Å². The maximum absolute atomic E-state index is 12.4. The molecule has 120 valence electrons. The van der Waals surface area contributed by atoms with Crippen LogP contribution >= 0.6 is 46.6 Å². The van der Waals surface area contributed by atoms with Gasteiger partial charge in [-0.15, -0.1) is 11.8 Å². The lowest BCUT2D eigenvalue weighted by molar-refractivity contribution is -0.115. The van der Waals surface area contributed by atoms with Gasteiger partial charge in [-0.25, -0.2) is 0 Å². The summed E-state index contributed by atoms with van der Waals surface area (Å²) < 4.78 is 5.16. The highest BCUT2D eigenvalue weighted by molar-refractivity contribution is 8.00. The topological polar surface area (TPSA) is 29.5 Å². The number of rotatable bonds is 3. The highest BCUT2D eigenvalue weighted by Crippen LogP contribution is 2.45. The van der Waals surface area contributed by atoms with E-state index >= 15 is 0 Å². The van der Waals surface area contributed by atoms with Crippen molar-refractivity contribution in [3.8, 4) is 5.75 Å². The molecule has 7 heteroatoms. The molecule has 0 N–H and O–H groups in total. The van der Waals surface area contributed by atoms with Gasteiger partial charge in [-0.1, -0.05) is 40.9 Å². The van der Waals surface area contributed by atoms with E-state index in [4.69, 9.17) is 39.5 Å². The number of carbonyl (C=O) groups excluding carboxylic acids is 1. The van der Waals surface area contributed by atoms with Crippen molar-refractivity contribution in [2.24, 2.45) is 0 Å². The van der Waals surface area contributed by atoms with Crippen LogP contribution in [0.25, 0.3) is 0 Å². The Morgan fingerprint density at radius 1 is 1.13 bits per heavy atom. The molecule has 3 nitrogen and oxygen atoms in total. The number of halogens is 3. The smallest absolute Gasteiger partial charge is 0.238 e. The predicted octanol–water partition coefficient (Wildman–Crippen LogP) is 5.43. The number of carbonyl (C=O) groups is 1. The molecule has 0 bridgehead atoms. The van der Waals surface area contributed by atoms with Gasteiger partial charge in [0.1, 0.15) is 11.1 Å². The van der Waals surface area contributed by atoms with E-state index in [1.54, 1.807) is 36.3 Å². The number of benzene rings is 2. The summed E-state index contributed by atoms with van der Waals surface area (Å²) in [6.45, 7) is 0. The summed E-state index contributed by atoms with van der Waals surface area (Å²) in [6.07, 6.45) is 0. The van der Waals surface area contributed by atoms with Crippen LogP contribution in [0.1, 0.15) is 10.9 Å².